The zero-order valence-corrected chi connectivity index (χ0v) is 17.4. The first-order valence-corrected chi connectivity index (χ1v) is 10.8. The summed E-state index contributed by atoms with van der Waals surface area (Å²) in [6, 6.07) is 12.7. The van der Waals surface area contributed by atoms with E-state index in [0.717, 1.165) is 40.7 Å². The molecule has 1 aliphatic heterocycles. The number of hydrogen-bond donors (Lipinski definition) is 0. The summed E-state index contributed by atoms with van der Waals surface area (Å²) in [5, 5.41) is 4.24. The smallest absolute Gasteiger partial charge is 0.138 e. The second kappa shape index (κ2) is 7.35. The van der Waals surface area contributed by atoms with Crippen LogP contribution < -0.4 is 0 Å². The SMILES string of the molecule is CC(c1ccc2scnc2c1)N1CCc2ccc(-c3cnn(C)c3)cc2[C@H](F)C1. The number of nitrogens with zero attached hydrogens (tertiary/aromatic N) is 4. The first-order valence-electron chi connectivity index (χ1n) is 9.91. The third-order valence-electron chi connectivity index (χ3n) is 5.97. The second-order valence-corrected chi connectivity index (χ2v) is 8.67. The van der Waals surface area contributed by atoms with Gasteiger partial charge in [-0.15, -0.1) is 11.3 Å². The summed E-state index contributed by atoms with van der Waals surface area (Å²) in [4.78, 5) is 6.68. The molecule has 148 valence electrons. The summed E-state index contributed by atoms with van der Waals surface area (Å²) in [6.45, 7) is 3.41. The zero-order valence-electron chi connectivity index (χ0n) is 16.5. The second-order valence-electron chi connectivity index (χ2n) is 7.78. The summed E-state index contributed by atoms with van der Waals surface area (Å²) in [5.41, 5.74) is 8.06. The predicted molar refractivity (Wildman–Crippen MR) is 116 cm³/mol. The van der Waals surface area contributed by atoms with E-state index in [1.165, 1.54) is 10.3 Å². The van der Waals surface area contributed by atoms with Crippen molar-refractivity contribution in [3.8, 4) is 11.1 Å². The first kappa shape index (κ1) is 18.5. The summed E-state index contributed by atoms with van der Waals surface area (Å²) < 4.78 is 18.4. The van der Waals surface area contributed by atoms with E-state index in [1.54, 1.807) is 16.0 Å². The lowest BCUT2D eigenvalue weighted by atomic mass is 9.97. The van der Waals surface area contributed by atoms with Crippen LogP contribution in [0.2, 0.25) is 0 Å². The van der Waals surface area contributed by atoms with E-state index in [0.29, 0.717) is 6.54 Å². The Bertz CT molecular complexity index is 1160. The third-order valence-corrected chi connectivity index (χ3v) is 6.78. The van der Waals surface area contributed by atoms with Crippen LogP contribution in [0.3, 0.4) is 0 Å². The van der Waals surface area contributed by atoms with Gasteiger partial charge < -0.3 is 0 Å². The molecule has 3 heterocycles. The van der Waals surface area contributed by atoms with E-state index >= 15 is 4.39 Å². The van der Waals surface area contributed by atoms with E-state index in [4.69, 9.17) is 0 Å². The van der Waals surface area contributed by atoms with Gasteiger partial charge in [0.1, 0.15) is 6.17 Å². The van der Waals surface area contributed by atoms with Crippen LogP contribution in [-0.2, 0) is 13.5 Å². The molecule has 0 amide bonds. The van der Waals surface area contributed by atoms with Gasteiger partial charge in [0.2, 0.25) is 0 Å². The summed E-state index contributed by atoms with van der Waals surface area (Å²) in [6.07, 6.45) is 3.64. The molecule has 0 saturated heterocycles. The molecule has 0 fully saturated rings. The van der Waals surface area contributed by atoms with Gasteiger partial charge in [-0.05, 0) is 53.8 Å². The van der Waals surface area contributed by atoms with Crippen LogP contribution in [0.1, 0.15) is 35.8 Å². The van der Waals surface area contributed by atoms with Crippen molar-refractivity contribution in [2.24, 2.45) is 7.05 Å². The van der Waals surface area contributed by atoms with Crippen molar-refractivity contribution >= 4 is 21.6 Å². The average Bonchev–Trinajstić information content (AvgIpc) is 3.34. The van der Waals surface area contributed by atoms with Gasteiger partial charge in [0.15, 0.2) is 0 Å². The number of aryl methyl sites for hydroxylation is 1. The number of benzene rings is 2. The third kappa shape index (κ3) is 3.47. The van der Waals surface area contributed by atoms with E-state index in [1.807, 2.05) is 31.0 Å². The lowest BCUT2D eigenvalue weighted by Crippen LogP contribution is -2.30. The van der Waals surface area contributed by atoms with Gasteiger partial charge in [-0.25, -0.2) is 9.37 Å². The van der Waals surface area contributed by atoms with Crippen molar-refractivity contribution in [1.82, 2.24) is 19.7 Å². The minimum atomic E-state index is -1.01. The van der Waals surface area contributed by atoms with Crippen LogP contribution >= 0.6 is 11.3 Å². The number of aromatic nitrogens is 3. The molecule has 2 atom stereocenters. The molecule has 2 aromatic carbocycles. The number of alkyl halides is 1. The van der Waals surface area contributed by atoms with E-state index in [-0.39, 0.29) is 6.04 Å². The Morgan fingerprint density at radius 3 is 2.90 bits per heavy atom. The Kier molecular flexibility index (Phi) is 4.68. The fourth-order valence-corrected chi connectivity index (χ4v) is 4.88. The maximum absolute atomic E-state index is 15.4. The van der Waals surface area contributed by atoms with Crippen molar-refractivity contribution in [2.45, 2.75) is 25.6 Å². The van der Waals surface area contributed by atoms with Crippen LogP contribution in [0.25, 0.3) is 21.3 Å². The molecule has 0 N–H and O–H groups in total. The normalized spacial score (nSPS) is 18.5. The lowest BCUT2D eigenvalue weighted by Gasteiger charge is -2.28. The Hall–Kier alpha value is -2.57. The fourth-order valence-electron chi connectivity index (χ4n) is 4.22. The topological polar surface area (TPSA) is 34.0 Å². The van der Waals surface area contributed by atoms with Gasteiger partial charge in [0, 0.05) is 37.9 Å². The summed E-state index contributed by atoms with van der Waals surface area (Å²) in [5.74, 6) is 0. The molecule has 5 rings (SSSR count). The quantitative estimate of drug-likeness (QED) is 0.461. The molecule has 6 heteroatoms. The first-order chi connectivity index (χ1) is 14.1. The van der Waals surface area contributed by atoms with Gasteiger partial charge in [-0.1, -0.05) is 18.2 Å². The van der Waals surface area contributed by atoms with Gasteiger partial charge in [0.25, 0.3) is 0 Å². The number of hydrogen-bond acceptors (Lipinski definition) is 4. The maximum atomic E-state index is 15.4. The van der Waals surface area contributed by atoms with Gasteiger partial charge in [-0.3, -0.25) is 9.58 Å². The fraction of sp³-hybridized carbons (Fsp3) is 0.304. The van der Waals surface area contributed by atoms with Crippen molar-refractivity contribution in [3.63, 3.8) is 0 Å². The molecule has 1 unspecified atom stereocenters. The Morgan fingerprint density at radius 1 is 1.17 bits per heavy atom. The standard InChI is InChI=1S/C23H23FN4S/c1-15(17-5-6-23-22(10-17)25-14-29-23)28-8-7-16-3-4-18(9-20(16)21(24)13-28)19-11-26-27(2)12-19/h3-6,9-12,14-15,21H,7-8,13H2,1-2H3/t15?,21-/m1/s1. The molecular weight excluding hydrogens is 383 g/mol. The molecule has 0 spiro atoms. The molecule has 29 heavy (non-hydrogen) atoms. The average molecular weight is 407 g/mol. The number of fused-ring (bicyclic) bond motifs is 2. The van der Waals surface area contributed by atoms with E-state index in [2.05, 4.69) is 52.2 Å². The molecule has 0 aliphatic carbocycles. The van der Waals surface area contributed by atoms with E-state index in [9.17, 15) is 0 Å². The number of halogens is 1. The van der Waals surface area contributed by atoms with Gasteiger partial charge >= 0.3 is 0 Å². The molecule has 2 aromatic heterocycles. The Labute approximate surface area is 173 Å². The maximum Gasteiger partial charge on any atom is 0.138 e. The molecule has 0 saturated carbocycles. The van der Waals surface area contributed by atoms with E-state index < -0.39 is 6.17 Å². The molecule has 4 nitrogen and oxygen atoms in total. The molecular formula is C23H23FN4S. The lowest BCUT2D eigenvalue weighted by molar-refractivity contribution is 0.161. The highest BCUT2D eigenvalue weighted by molar-refractivity contribution is 7.16. The van der Waals surface area contributed by atoms with Gasteiger partial charge in [0.05, 0.1) is 21.9 Å². The van der Waals surface area contributed by atoms with Crippen molar-refractivity contribution in [3.05, 3.63) is 71.0 Å². The monoisotopic (exact) mass is 406 g/mol. The van der Waals surface area contributed by atoms with Crippen LogP contribution in [0.15, 0.2) is 54.3 Å². The predicted octanol–water partition coefficient (Wildman–Crippen LogP) is 5.33. The van der Waals surface area contributed by atoms with Crippen molar-refractivity contribution in [2.75, 3.05) is 13.1 Å². The molecule has 0 radical (unpaired) electrons. The Balaban J connectivity index is 1.41. The zero-order chi connectivity index (χ0) is 20.0. The summed E-state index contributed by atoms with van der Waals surface area (Å²) >= 11 is 1.65. The number of rotatable bonds is 3. The molecule has 1 aliphatic rings. The van der Waals surface area contributed by atoms with Gasteiger partial charge in [-0.2, -0.15) is 5.10 Å². The minimum Gasteiger partial charge on any atom is -0.293 e. The van der Waals surface area contributed by atoms with Crippen LogP contribution in [0, 0.1) is 0 Å². The van der Waals surface area contributed by atoms with Crippen molar-refractivity contribution in [1.29, 1.82) is 0 Å². The molecule has 0 bridgehead atoms. The Morgan fingerprint density at radius 2 is 2.07 bits per heavy atom. The van der Waals surface area contributed by atoms with Crippen molar-refractivity contribution < 1.29 is 4.39 Å². The van der Waals surface area contributed by atoms with Crippen LogP contribution in [0.4, 0.5) is 4.39 Å². The molecule has 4 aromatic rings. The largest absolute Gasteiger partial charge is 0.293 e. The highest BCUT2D eigenvalue weighted by Gasteiger charge is 2.27. The highest BCUT2D eigenvalue weighted by atomic mass is 32.1. The van der Waals surface area contributed by atoms with Crippen LogP contribution in [0.5, 0.6) is 0 Å². The number of thiazole rings is 1. The minimum absolute atomic E-state index is 0.145. The summed E-state index contributed by atoms with van der Waals surface area (Å²) in [7, 11) is 1.90. The highest BCUT2D eigenvalue weighted by Crippen LogP contribution is 2.34. The van der Waals surface area contributed by atoms with Crippen LogP contribution in [-0.4, -0.2) is 32.8 Å².